The summed E-state index contributed by atoms with van der Waals surface area (Å²) in [6.07, 6.45) is 0. The van der Waals surface area contributed by atoms with E-state index in [-0.39, 0.29) is 24.3 Å². The van der Waals surface area contributed by atoms with Gasteiger partial charge >= 0.3 is 5.97 Å². The lowest BCUT2D eigenvalue weighted by molar-refractivity contribution is -0.146. The number of anilines is 3. The highest BCUT2D eigenvalue weighted by atomic mass is 16.5. The number of hydrogen-bond donors (Lipinski definition) is 2. The number of rotatable bonds is 6. The Morgan fingerprint density at radius 2 is 1.59 bits per heavy atom. The third-order valence-electron chi connectivity index (χ3n) is 5.31. The number of nitrogens with two attached hydrogens (primary N) is 1. The van der Waals surface area contributed by atoms with E-state index in [1.807, 2.05) is 66.7 Å². The second-order valence-corrected chi connectivity index (χ2v) is 7.48. The molecule has 1 aromatic heterocycles. The molecule has 0 saturated heterocycles. The molecule has 1 aliphatic heterocycles. The molecule has 0 spiro atoms. The molecule has 2 heterocycles. The van der Waals surface area contributed by atoms with Crippen LogP contribution in [0.3, 0.4) is 0 Å². The van der Waals surface area contributed by atoms with Gasteiger partial charge in [-0.1, -0.05) is 48.5 Å². The average Bonchev–Trinajstić information content (AvgIpc) is 2.86. The van der Waals surface area contributed by atoms with Crippen LogP contribution in [-0.2, 0) is 16.1 Å². The second kappa shape index (κ2) is 9.07. The van der Waals surface area contributed by atoms with Gasteiger partial charge in [0.25, 0.3) is 0 Å². The Labute approximate surface area is 195 Å². The van der Waals surface area contributed by atoms with Crippen molar-refractivity contribution in [2.45, 2.75) is 12.5 Å². The van der Waals surface area contributed by atoms with Gasteiger partial charge in [0, 0.05) is 11.1 Å². The molecule has 9 heteroatoms. The van der Waals surface area contributed by atoms with Crippen LogP contribution in [0, 0.1) is 0 Å². The van der Waals surface area contributed by atoms with Crippen LogP contribution in [0.5, 0.6) is 17.2 Å². The van der Waals surface area contributed by atoms with E-state index < -0.39 is 11.9 Å². The lowest BCUT2D eigenvalue weighted by Crippen LogP contribution is -2.21. The van der Waals surface area contributed by atoms with Gasteiger partial charge < -0.3 is 25.3 Å². The maximum Gasteiger partial charge on any atom is 0.318 e. The average molecular weight is 455 g/mol. The van der Waals surface area contributed by atoms with Gasteiger partial charge in [-0.2, -0.15) is 15.0 Å². The number of benzene rings is 3. The van der Waals surface area contributed by atoms with Crippen molar-refractivity contribution in [3.8, 4) is 17.2 Å². The molecular weight excluding hydrogens is 434 g/mol. The number of methoxy groups -OCH3 is 1. The SMILES string of the molecule is COc1ccccc1Nc1nc(N)nc(COC(=O)C2c3ccccc3Oc3ccccc32)n1. The first-order chi connectivity index (χ1) is 16.6. The van der Waals surface area contributed by atoms with Crippen molar-refractivity contribution in [3.05, 3.63) is 89.7 Å². The Morgan fingerprint density at radius 3 is 2.29 bits per heavy atom. The molecule has 5 rings (SSSR count). The lowest BCUT2D eigenvalue weighted by Gasteiger charge is -2.26. The van der Waals surface area contributed by atoms with Crippen LogP contribution in [0.1, 0.15) is 22.9 Å². The summed E-state index contributed by atoms with van der Waals surface area (Å²) in [7, 11) is 1.57. The first-order valence-corrected chi connectivity index (χ1v) is 10.5. The minimum atomic E-state index is -0.633. The largest absolute Gasteiger partial charge is 0.495 e. The van der Waals surface area contributed by atoms with Crippen LogP contribution in [0.15, 0.2) is 72.8 Å². The third kappa shape index (κ3) is 4.18. The first kappa shape index (κ1) is 21.2. The van der Waals surface area contributed by atoms with Crippen LogP contribution < -0.4 is 20.5 Å². The van der Waals surface area contributed by atoms with E-state index in [0.717, 1.165) is 11.1 Å². The van der Waals surface area contributed by atoms with Gasteiger partial charge in [-0.3, -0.25) is 4.79 Å². The maximum absolute atomic E-state index is 13.2. The quantitative estimate of drug-likeness (QED) is 0.412. The van der Waals surface area contributed by atoms with Crippen LogP contribution in [0.4, 0.5) is 17.6 Å². The number of esters is 1. The summed E-state index contributed by atoms with van der Waals surface area (Å²) in [5.74, 6) is 1.21. The smallest absolute Gasteiger partial charge is 0.318 e. The van der Waals surface area contributed by atoms with Crippen LogP contribution >= 0.6 is 0 Å². The third-order valence-corrected chi connectivity index (χ3v) is 5.31. The molecule has 0 fully saturated rings. The molecule has 0 amide bonds. The van der Waals surface area contributed by atoms with Crippen LogP contribution in [0.25, 0.3) is 0 Å². The summed E-state index contributed by atoms with van der Waals surface area (Å²) in [6.45, 7) is -0.173. The molecule has 0 unspecified atom stereocenters. The maximum atomic E-state index is 13.2. The van der Waals surface area contributed by atoms with Crippen LogP contribution in [0.2, 0.25) is 0 Å². The first-order valence-electron chi connectivity index (χ1n) is 10.5. The van der Waals surface area contributed by atoms with Crippen LogP contribution in [-0.4, -0.2) is 28.0 Å². The molecule has 0 atom stereocenters. The number of fused-ring (bicyclic) bond motifs is 2. The number of nitrogens with one attached hydrogen (secondary N) is 1. The van der Waals surface area contributed by atoms with Gasteiger partial charge in [-0.15, -0.1) is 0 Å². The van der Waals surface area contributed by atoms with Crippen molar-refractivity contribution in [3.63, 3.8) is 0 Å². The number of hydrogen-bond acceptors (Lipinski definition) is 9. The molecule has 0 saturated carbocycles. The van der Waals surface area contributed by atoms with Crippen molar-refractivity contribution in [1.82, 2.24) is 15.0 Å². The van der Waals surface area contributed by atoms with E-state index in [9.17, 15) is 4.79 Å². The minimum absolute atomic E-state index is 0.000189. The van der Waals surface area contributed by atoms with Crippen molar-refractivity contribution in [1.29, 1.82) is 0 Å². The highest BCUT2D eigenvalue weighted by Gasteiger charge is 2.33. The van der Waals surface area contributed by atoms with E-state index in [1.165, 1.54) is 0 Å². The zero-order valence-electron chi connectivity index (χ0n) is 18.3. The zero-order chi connectivity index (χ0) is 23.5. The summed E-state index contributed by atoms with van der Waals surface area (Å²) < 4.78 is 16.9. The fourth-order valence-corrected chi connectivity index (χ4v) is 3.81. The Balaban J connectivity index is 1.37. The lowest BCUT2D eigenvalue weighted by atomic mass is 9.88. The molecule has 4 aromatic rings. The minimum Gasteiger partial charge on any atom is -0.495 e. The van der Waals surface area contributed by atoms with Gasteiger partial charge in [0.2, 0.25) is 11.9 Å². The summed E-state index contributed by atoms with van der Waals surface area (Å²) in [5, 5.41) is 3.06. The predicted octanol–water partition coefficient (Wildman–Crippen LogP) is 4.19. The number of ether oxygens (including phenoxy) is 3. The predicted molar refractivity (Wildman–Crippen MR) is 125 cm³/mol. The van der Waals surface area contributed by atoms with Gasteiger partial charge in [-0.25, -0.2) is 0 Å². The molecule has 0 bridgehead atoms. The van der Waals surface area contributed by atoms with Crippen molar-refractivity contribution < 1.29 is 19.0 Å². The van der Waals surface area contributed by atoms with Crippen molar-refractivity contribution in [2.75, 3.05) is 18.2 Å². The normalized spacial score (nSPS) is 12.1. The highest BCUT2D eigenvalue weighted by Crippen LogP contribution is 2.44. The molecule has 1 aliphatic rings. The summed E-state index contributed by atoms with van der Waals surface area (Å²) in [4.78, 5) is 25.8. The topological polar surface area (TPSA) is 121 Å². The molecule has 170 valence electrons. The van der Waals surface area contributed by atoms with Gasteiger partial charge in [0.1, 0.15) is 23.2 Å². The molecule has 0 aliphatic carbocycles. The number of carbonyl (C=O) groups excluding carboxylic acids is 1. The molecule has 3 aromatic carbocycles. The summed E-state index contributed by atoms with van der Waals surface area (Å²) >= 11 is 0. The Kier molecular flexibility index (Phi) is 5.65. The number of aromatic nitrogens is 3. The zero-order valence-corrected chi connectivity index (χ0v) is 18.3. The molecule has 0 radical (unpaired) electrons. The van der Waals surface area contributed by atoms with E-state index in [0.29, 0.717) is 22.9 Å². The van der Waals surface area contributed by atoms with Gasteiger partial charge in [-0.05, 0) is 24.3 Å². The summed E-state index contributed by atoms with van der Waals surface area (Å²) in [5.41, 5.74) is 8.00. The molecule has 9 nitrogen and oxygen atoms in total. The van der Waals surface area contributed by atoms with Gasteiger partial charge in [0.05, 0.1) is 12.8 Å². The molecular formula is C25H21N5O4. The standard InChI is InChI=1S/C25H21N5O4/c1-32-20-13-7-4-10-17(20)27-25-29-21(28-24(26)30-25)14-33-23(31)22-15-8-2-5-11-18(15)34-19-12-6-3-9-16(19)22/h2-13,22H,14H2,1H3,(H3,26,27,28,29,30). The van der Waals surface area contributed by atoms with E-state index in [4.69, 9.17) is 19.9 Å². The number of para-hydroxylation sites is 4. The Hall–Kier alpha value is -4.66. The molecule has 34 heavy (non-hydrogen) atoms. The Bertz CT molecular complexity index is 1320. The Morgan fingerprint density at radius 1 is 0.941 bits per heavy atom. The van der Waals surface area contributed by atoms with E-state index in [2.05, 4.69) is 20.3 Å². The van der Waals surface area contributed by atoms with Crippen molar-refractivity contribution in [2.24, 2.45) is 0 Å². The van der Waals surface area contributed by atoms with Crippen molar-refractivity contribution >= 4 is 23.6 Å². The fourth-order valence-electron chi connectivity index (χ4n) is 3.81. The molecule has 3 N–H and O–H groups in total. The number of nitrogens with zero attached hydrogens (tertiary/aromatic N) is 3. The summed E-state index contributed by atoms with van der Waals surface area (Å²) in [6, 6.07) is 22.1. The van der Waals surface area contributed by atoms with E-state index >= 15 is 0 Å². The second-order valence-electron chi connectivity index (χ2n) is 7.48. The number of carbonyl (C=O) groups is 1. The number of nitrogen functional groups attached to an aromatic ring is 1. The highest BCUT2D eigenvalue weighted by molar-refractivity contribution is 5.85. The van der Waals surface area contributed by atoms with Gasteiger partial charge in [0.15, 0.2) is 12.4 Å². The monoisotopic (exact) mass is 455 g/mol. The fraction of sp³-hybridized carbons (Fsp3) is 0.120. The van der Waals surface area contributed by atoms with E-state index in [1.54, 1.807) is 13.2 Å².